The fraction of sp³-hybridized carbons (Fsp3) is 0. The summed E-state index contributed by atoms with van der Waals surface area (Å²) in [6, 6.07) is 44.7. The molecule has 0 N–H and O–H groups in total. The van der Waals surface area contributed by atoms with E-state index >= 15 is 0 Å². The highest BCUT2D eigenvalue weighted by Crippen LogP contribution is 2.54. The Hall–Kier alpha value is -4.42. The fourth-order valence-corrected chi connectivity index (χ4v) is 6.13. The van der Waals surface area contributed by atoms with Crippen molar-refractivity contribution in [3.05, 3.63) is 121 Å². The topological polar surface area (TPSA) is 0 Å². The van der Waals surface area contributed by atoms with Gasteiger partial charge in [-0.05, 0) is 82.5 Å². The van der Waals surface area contributed by atoms with Gasteiger partial charge in [0.2, 0.25) is 0 Å². The Morgan fingerprint density at radius 2 is 0.882 bits per heavy atom. The first kappa shape index (κ1) is 18.1. The molecule has 0 aromatic heterocycles. The minimum absolute atomic E-state index is 1.27. The summed E-state index contributed by atoms with van der Waals surface area (Å²) in [4.78, 5) is 0. The van der Waals surface area contributed by atoms with E-state index in [1.54, 1.807) is 0 Å². The predicted octanol–water partition coefficient (Wildman–Crippen LogP) is 9.61. The molecule has 156 valence electrons. The molecule has 1 aliphatic rings. The number of benzene rings is 7. The van der Waals surface area contributed by atoms with Crippen LogP contribution in [-0.2, 0) is 0 Å². The lowest BCUT2D eigenvalue weighted by Gasteiger charge is -2.13. The highest BCUT2D eigenvalue weighted by molar-refractivity contribution is 6.31. The number of hydrogen-bond acceptors (Lipinski definition) is 0. The number of rotatable bonds is 1. The van der Waals surface area contributed by atoms with Crippen molar-refractivity contribution >= 4 is 43.1 Å². The molecule has 0 saturated heterocycles. The van der Waals surface area contributed by atoms with Gasteiger partial charge in [0, 0.05) is 0 Å². The van der Waals surface area contributed by atoms with Gasteiger partial charge in [-0.15, -0.1) is 0 Å². The molecule has 0 radical (unpaired) electrons. The first-order valence-electron chi connectivity index (χ1n) is 11.9. The van der Waals surface area contributed by atoms with Gasteiger partial charge in [0.05, 0.1) is 0 Å². The van der Waals surface area contributed by atoms with Crippen molar-refractivity contribution in [1.82, 2.24) is 0 Å². The number of hydrogen-bond donors (Lipinski definition) is 0. The van der Waals surface area contributed by atoms with Gasteiger partial charge in [-0.25, -0.2) is 0 Å². The molecule has 1 aliphatic carbocycles. The van der Waals surface area contributed by atoms with Crippen LogP contribution in [0.1, 0.15) is 0 Å². The molecule has 0 aliphatic heterocycles. The van der Waals surface area contributed by atoms with Crippen LogP contribution in [0.4, 0.5) is 0 Å². The monoisotopic (exact) mass is 428 g/mol. The molecule has 7 aromatic carbocycles. The van der Waals surface area contributed by atoms with Crippen molar-refractivity contribution in [2.75, 3.05) is 0 Å². The zero-order valence-electron chi connectivity index (χ0n) is 18.5. The van der Waals surface area contributed by atoms with Gasteiger partial charge in [-0.3, -0.25) is 0 Å². The van der Waals surface area contributed by atoms with E-state index < -0.39 is 0 Å². The van der Waals surface area contributed by atoms with E-state index in [4.69, 9.17) is 0 Å². The lowest BCUT2D eigenvalue weighted by Crippen LogP contribution is -1.85. The third kappa shape index (κ3) is 2.27. The molecule has 7 aromatic rings. The van der Waals surface area contributed by atoms with E-state index in [2.05, 4.69) is 121 Å². The zero-order valence-corrected chi connectivity index (χ0v) is 18.5. The summed E-state index contributed by atoms with van der Waals surface area (Å²) >= 11 is 0. The molecule has 0 bridgehead atoms. The summed E-state index contributed by atoms with van der Waals surface area (Å²) in [6.07, 6.45) is 0. The van der Waals surface area contributed by atoms with Gasteiger partial charge in [-0.1, -0.05) is 115 Å². The molecular weight excluding hydrogens is 408 g/mol. The van der Waals surface area contributed by atoms with Crippen LogP contribution in [0.2, 0.25) is 0 Å². The maximum Gasteiger partial charge on any atom is -0.00137 e. The smallest absolute Gasteiger partial charge is 0.00137 e. The van der Waals surface area contributed by atoms with Crippen LogP contribution >= 0.6 is 0 Å². The second-order valence-electron chi connectivity index (χ2n) is 9.29. The molecule has 0 fully saturated rings. The van der Waals surface area contributed by atoms with Gasteiger partial charge < -0.3 is 0 Å². The Morgan fingerprint density at radius 3 is 1.62 bits per heavy atom. The molecule has 0 amide bonds. The van der Waals surface area contributed by atoms with Crippen LogP contribution in [0.3, 0.4) is 0 Å². The fourth-order valence-electron chi connectivity index (χ4n) is 6.13. The van der Waals surface area contributed by atoms with Crippen LogP contribution in [0.5, 0.6) is 0 Å². The Kier molecular flexibility index (Phi) is 3.48. The standard InChI is InChI=1S/C34H20/c1-2-9-22-20-23(17-16-21(22)8-1)24-18-19-31-32-27(24)14-7-15-30(32)33-28-12-5-3-10-25(28)26-11-4-6-13-29(26)34(31)33/h1-20H. The molecule has 0 saturated carbocycles. The largest absolute Gasteiger partial charge is 0.0616 e. The SMILES string of the molecule is c1ccc2cc(-c3ccc4c5c(cccc35)-c3c-4c4ccccc4c4ccccc34)ccc2c1. The quantitative estimate of drug-likeness (QED) is 0.228. The number of fused-ring (bicyclic) bond motifs is 9. The molecule has 0 unspecified atom stereocenters. The summed E-state index contributed by atoms with van der Waals surface area (Å²) < 4.78 is 0. The van der Waals surface area contributed by atoms with Crippen LogP contribution in [0.15, 0.2) is 121 Å². The summed E-state index contributed by atoms with van der Waals surface area (Å²) in [5.41, 5.74) is 8.04. The molecule has 8 rings (SSSR count). The predicted molar refractivity (Wildman–Crippen MR) is 146 cm³/mol. The Bertz CT molecular complexity index is 1890. The van der Waals surface area contributed by atoms with E-state index in [1.807, 2.05) is 0 Å². The average Bonchev–Trinajstić information content (AvgIpc) is 3.25. The Labute approximate surface area is 197 Å². The van der Waals surface area contributed by atoms with Gasteiger partial charge >= 0.3 is 0 Å². The van der Waals surface area contributed by atoms with Gasteiger partial charge in [-0.2, -0.15) is 0 Å². The highest BCUT2D eigenvalue weighted by atomic mass is 14.3. The third-order valence-electron chi connectivity index (χ3n) is 7.57. The highest BCUT2D eigenvalue weighted by Gasteiger charge is 2.27. The molecule has 34 heavy (non-hydrogen) atoms. The molecule has 0 heteroatoms. The van der Waals surface area contributed by atoms with Crippen molar-refractivity contribution in [2.45, 2.75) is 0 Å². The molecule has 0 nitrogen and oxygen atoms in total. The zero-order chi connectivity index (χ0) is 22.2. The van der Waals surface area contributed by atoms with Crippen LogP contribution in [-0.4, -0.2) is 0 Å². The first-order valence-corrected chi connectivity index (χ1v) is 11.9. The van der Waals surface area contributed by atoms with Crippen molar-refractivity contribution in [2.24, 2.45) is 0 Å². The second-order valence-corrected chi connectivity index (χ2v) is 9.29. The summed E-state index contributed by atoms with van der Waals surface area (Å²) in [7, 11) is 0. The van der Waals surface area contributed by atoms with Gasteiger partial charge in [0.1, 0.15) is 0 Å². The molecule has 0 heterocycles. The maximum atomic E-state index is 2.35. The van der Waals surface area contributed by atoms with Crippen molar-refractivity contribution in [3.63, 3.8) is 0 Å². The first-order chi connectivity index (χ1) is 16.9. The van der Waals surface area contributed by atoms with E-state index in [0.717, 1.165) is 0 Å². The molecule has 0 spiro atoms. The molecular formula is C34H20. The van der Waals surface area contributed by atoms with Gasteiger partial charge in [0.15, 0.2) is 0 Å². The second kappa shape index (κ2) is 6.56. The Balaban J connectivity index is 1.51. The summed E-state index contributed by atoms with van der Waals surface area (Å²) in [6.45, 7) is 0. The minimum atomic E-state index is 1.27. The summed E-state index contributed by atoms with van der Waals surface area (Å²) in [5, 5.41) is 10.6. The lowest BCUT2D eigenvalue weighted by atomic mass is 9.90. The van der Waals surface area contributed by atoms with Crippen LogP contribution in [0.25, 0.3) is 76.5 Å². The van der Waals surface area contributed by atoms with Crippen molar-refractivity contribution in [1.29, 1.82) is 0 Å². The van der Waals surface area contributed by atoms with E-state index in [0.29, 0.717) is 0 Å². The molecule has 0 atom stereocenters. The lowest BCUT2D eigenvalue weighted by molar-refractivity contribution is 1.69. The normalized spacial score (nSPS) is 12.1. The van der Waals surface area contributed by atoms with Gasteiger partial charge in [0.25, 0.3) is 0 Å². The van der Waals surface area contributed by atoms with Crippen LogP contribution < -0.4 is 0 Å². The van der Waals surface area contributed by atoms with Crippen molar-refractivity contribution in [3.8, 4) is 33.4 Å². The van der Waals surface area contributed by atoms with E-state index in [-0.39, 0.29) is 0 Å². The van der Waals surface area contributed by atoms with Crippen LogP contribution in [0, 0.1) is 0 Å². The Morgan fingerprint density at radius 1 is 0.324 bits per heavy atom. The van der Waals surface area contributed by atoms with Crippen molar-refractivity contribution < 1.29 is 0 Å². The maximum absolute atomic E-state index is 2.35. The third-order valence-corrected chi connectivity index (χ3v) is 7.57. The minimum Gasteiger partial charge on any atom is -0.0616 e. The average molecular weight is 429 g/mol. The van der Waals surface area contributed by atoms with E-state index in [9.17, 15) is 0 Å². The van der Waals surface area contributed by atoms with E-state index in [1.165, 1.54) is 76.5 Å². The summed E-state index contributed by atoms with van der Waals surface area (Å²) in [5.74, 6) is 0.